The number of nitrogens with zero attached hydrogens (tertiary/aromatic N) is 1. The van der Waals surface area contributed by atoms with Crippen molar-refractivity contribution >= 4 is 29.5 Å². The van der Waals surface area contributed by atoms with E-state index in [4.69, 9.17) is 4.74 Å². The number of carbonyl (C=O) groups excluding carboxylic acids is 3. The first-order valence-electron chi connectivity index (χ1n) is 7.18. The summed E-state index contributed by atoms with van der Waals surface area (Å²) in [5, 5.41) is 13.3. The number of hydrogen-bond donors (Lipinski definition) is 1. The lowest BCUT2D eigenvalue weighted by molar-refractivity contribution is -0.385. The van der Waals surface area contributed by atoms with Crippen molar-refractivity contribution in [3.05, 3.63) is 69.3 Å². The molecule has 2 aromatic carbocycles. The van der Waals surface area contributed by atoms with E-state index >= 15 is 0 Å². The number of hydrogen-bond acceptors (Lipinski definition) is 6. The van der Waals surface area contributed by atoms with E-state index in [9.17, 15) is 24.5 Å². The highest BCUT2D eigenvalue weighted by atomic mass is 16.6. The Labute approximate surface area is 142 Å². The fraction of sp³-hybridized carbons (Fsp3) is 0.118. The Morgan fingerprint density at radius 1 is 1.20 bits per heavy atom. The molecule has 0 saturated carbocycles. The number of nitro benzene ring substituents is 1. The molecule has 25 heavy (non-hydrogen) atoms. The van der Waals surface area contributed by atoms with E-state index in [0.717, 1.165) is 0 Å². The number of amides is 1. The molecule has 0 atom stereocenters. The first-order chi connectivity index (χ1) is 11.9. The number of anilines is 1. The van der Waals surface area contributed by atoms with E-state index in [1.807, 2.05) is 0 Å². The molecular formula is C17H14N2O6. The van der Waals surface area contributed by atoms with Crippen LogP contribution in [0.15, 0.2) is 42.5 Å². The molecule has 0 aliphatic rings. The van der Waals surface area contributed by atoms with Crippen LogP contribution < -0.4 is 5.32 Å². The van der Waals surface area contributed by atoms with E-state index in [-0.39, 0.29) is 16.9 Å². The van der Waals surface area contributed by atoms with Crippen molar-refractivity contribution in [2.24, 2.45) is 0 Å². The molecule has 0 aliphatic heterocycles. The molecule has 1 amide bonds. The Kier molecular flexibility index (Phi) is 5.57. The summed E-state index contributed by atoms with van der Waals surface area (Å²) in [6, 6.07) is 9.98. The minimum Gasteiger partial charge on any atom is -0.452 e. The molecule has 0 aromatic heterocycles. The highest BCUT2D eigenvalue weighted by Crippen LogP contribution is 2.22. The van der Waals surface area contributed by atoms with E-state index in [0.29, 0.717) is 17.4 Å². The van der Waals surface area contributed by atoms with Gasteiger partial charge in [0.15, 0.2) is 6.61 Å². The van der Waals surface area contributed by atoms with Gasteiger partial charge >= 0.3 is 5.97 Å². The molecule has 2 rings (SSSR count). The maximum Gasteiger partial charge on any atom is 0.338 e. The van der Waals surface area contributed by atoms with Gasteiger partial charge in [-0.2, -0.15) is 0 Å². The molecule has 0 fully saturated rings. The lowest BCUT2D eigenvalue weighted by atomic mass is 10.1. The molecule has 0 bridgehead atoms. The second kappa shape index (κ2) is 7.82. The zero-order valence-electron chi connectivity index (χ0n) is 13.2. The van der Waals surface area contributed by atoms with Crippen molar-refractivity contribution in [1.29, 1.82) is 0 Å². The van der Waals surface area contributed by atoms with Crippen LogP contribution in [0.4, 0.5) is 11.4 Å². The second-order valence-electron chi connectivity index (χ2n) is 5.12. The van der Waals surface area contributed by atoms with Crippen LogP contribution in [0.1, 0.15) is 26.3 Å². The number of nitrogens with one attached hydrogen (secondary N) is 1. The van der Waals surface area contributed by atoms with Crippen molar-refractivity contribution in [3.63, 3.8) is 0 Å². The summed E-state index contributed by atoms with van der Waals surface area (Å²) >= 11 is 0. The largest absolute Gasteiger partial charge is 0.452 e. The Morgan fingerprint density at radius 2 is 1.88 bits per heavy atom. The van der Waals surface area contributed by atoms with Gasteiger partial charge in [0.2, 0.25) is 0 Å². The van der Waals surface area contributed by atoms with Gasteiger partial charge in [-0.1, -0.05) is 18.2 Å². The molecule has 0 saturated heterocycles. The van der Waals surface area contributed by atoms with Crippen LogP contribution in [0.5, 0.6) is 0 Å². The molecule has 8 nitrogen and oxygen atoms in total. The van der Waals surface area contributed by atoms with Crippen LogP contribution in [0.25, 0.3) is 0 Å². The molecule has 8 heteroatoms. The number of rotatable bonds is 6. The van der Waals surface area contributed by atoms with Crippen LogP contribution in [0, 0.1) is 17.0 Å². The highest BCUT2D eigenvalue weighted by Gasteiger charge is 2.14. The minimum atomic E-state index is -0.720. The average Bonchev–Trinajstić information content (AvgIpc) is 2.61. The van der Waals surface area contributed by atoms with Gasteiger partial charge in [0.1, 0.15) is 6.29 Å². The first kappa shape index (κ1) is 17.8. The number of nitro groups is 1. The second-order valence-corrected chi connectivity index (χ2v) is 5.12. The fourth-order valence-corrected chi connectivity index (χ4v) is 1.99. The topological polar surface area (TPSA) is 116 Å². The minimum absolute atomic E-state index is 0.120. The van der Waals surface area contributed by atoms with Gasteiger partial charge < -0.3 is 10.1 Å². The van der Waals surface area contributed by atoms with Gasteiger partial charge in [-0.15, -0.1) is 0 Å². The smallest absolute Gasteiger partial charge is 0.338 e. The molecule has 0 heterocycles. The lowest BCUT2D eigenvalue weighted by Crippen LogP contribution is -2.21. The number of aldehydes is 1. The summed E-state index contributed by atoms with van der Waals surface area (Å²) in [5.74, 6) is -1.35. The zero-order chi connectivity index (χ0) is 18.4. The summed E-state index contributed by atoms with van der Waals surface area (Å²) < 4.78 is 4.86. The van der Waals surface area contributed by atoms with Gasteiger partial charge in [0.25, 0.3) is 11.6 Å². The Balaban J connectivity index is 1.94. The highest BCUT2D eigenvalue weighted by molar-refractivity contribution is 5.96. The number of ether oxygens (including phenoxy) is 1. The molecule has 0 aliphatic carbocycles. The third-order valence-corrected chi connectivity index (χ3v) is 3.31. The predicted octanol–water partition coefficient (Wildman–Crippen LogP) is 2.51. The van der Waals surface area contributed by atoms with Crippen LogP contribution >= 0.6 is 0 Å². The Hall–Kier alpha value is -3.55. The maximum atomic E-state index is 11.8. The average molecular weight is 342 g/mol. The van der Waals surface area contributed by atoms with Crippen molar-refractivity contribution < 1.29 is 24.0 Å². The summed E-state index contributed by atoms with van der Waals surface area (Å²) in [6.45, 7) is 1.04. The fourth-order valence-electron chi connectivity index (χ4n) is 1.99. The summed E-state index contributed by atoms with van der Waals surface area (Å²) in [6.07, 6.45) is 0.642. The van der Waals surface area contributed by atoms with Gasteiger partial charge in [-0.3, -0.25) is 19.7 Å². The van der Waals surface area contributed by atoms with Gasteiger partial charge in [0.05, 0.1) is 10.5 Å². The van der Waals surface area contributed by atoms with Crippen molar-refractivity contribution in [3.8, 4) is 0 Å². The van der Waals surface area contributed by atoms with E-state index in [1.165, 1.54) is 42.5 Å². The van der Waals surface area contributed by atoms with Crippen molar-refractivity contribution in [2.75, 3.05) is 11.9 Å². The van der Waals surface area contributed by atoms with E-state index in [2.05, 4.69) is 5.32 Å². The Morgan fingerprint density at radius 3 is 2.48 bits per heavy atom. The third kappa shape index (κ3) is 4.71. The van der Waals surface area contributed by atoms with Crippen molar-refractivity contribution in [2.45, 2.75) is 6.92 Å². The first-order valence-corrected chi connectivity index (χ1v) is 7.18. The number of carbonyl (C=O) groups is 3. The van der Waals surface area contributed by atoms with Gasteiger partial charge in [-0.25, -0.2) is 4.79 Å². The summed E-state index contributed by atoms with van der Waals surface area (Å²) in [5.41, 5.74) is 1.19. The van der Waals surface area contributed by atoms with Crippen molar-refractivity contribution in [1.82, 2.24) is 0 Å². The quantitative estimate of drug-likeness (QED) is 0.373. The number of benzene rings is 2. The molecule has 0 unspecified atom stereocenters. The molecule has 2 aromatic rings. The summed E-state index contributed by atoms with van der Waals surface area (Å²) in [7, 11) is 0. The Bertz CT molecular complexity index is 830. The predicted molar refractivity (Wildman–Crippen MR) is 88.6 cm³/mol. The zero-order valence-corrected chi connectivity index (χ0v) is 13.2. The van der Waals surface area contributed by atoms with Crippen LogP contribution in [0.3, 0.4) is 0 Å². The molecule has 0 spiro atoms. The third-order valence-electron chi connectivity index (χ3n) is 3.31. The molecular weight excluding hydrogens is 328 g/mol. The normalized spacial score (nSPS) is 9.96. The SMILES string of the molecule is Cc1ccc(NC(=O)COC(=O)c2ccc(C=O)cc2)cc1[N+](=O)[O-]. The summed E-state index contributed by atoms with van der Waals surface area (Å²) in [4.78, 5) is 44.5. The molecule has 128 valence electrons. The standard InChI is InChI=1S/C17H14N2O6/c1-11-2-7-14(8-15(11)19(23)24)18-16(21)10-25-17(22)13-5-3-12(9-20)4-6-13/h2-9H,10H2,1H3,(H,18,21). The number of aryl methyl sites for hydroxylation is 1. The molecule has 1 N–H and O–H groups in total. The van der Waals surface area contributed by atoms with Gasteiger partial charge in [-0.05, 0) is 25.1 Å². The maximum absolute atomic E-state index is 11.8. The molecule has 0 radical (unpaired) electrons. The monoisotopic (exact) mass is 342 g/mol. The van der Waals surface area contributed by atoms with Crippen LogP contribution in [-0.2, 0) is 9.53 Å². The van der Waals surface area contributed by atoms with Crippen LogP contribution in [-0.4, -0.2) is 29.7 Å². The number of esters is 1. The van der Waals surface area contributed by atoms with E-state index in [1.54, 1.807) is 6.92 Å². The lowest BCUT2D eigenvalue weighted by Gasteiger charge is -2.07. The van der Waals surface area contributed by atoms with Crippen LogP contribution in [0.2, 0.25) is 0 Å². The van der Waals surface area contributed by atoms with Gasteiger partial charge in [0, 0.05) is 22.9 Å². The van der Waals surface area contributed by atoms with E-state index < -0.39 is 23.4 Å².